The molecule has 0 heterocycles. The molecule has 0 unspecified atom stereocenters. The fourth-order valence-electron chi connectivity index (χ4n) is 4.31. The Hall–Kier alpha value is -3.03. The number of nitrogens with one attached hydrogen (secondary N) is 2. The van der Waals surface area contributed by atoms with Gasteiger partial charge in [-0.05, 0) is 47.7 Å². The molecule has 32 heavy (non-hydrogen) atoms. The van der Waals surface area contributed by atoms with Crippen molar-refractivity contribution in [3.63, 3.8) is 0 Å². The normalized spacial score (nSPS) is 16.5. The Balaban J connectivity index is 1.55. The molecular formula is C25H26N2O4S. The van der Waals surface area contributed by atoms with E-state index in [0.29, 0.717) is 25.5 Å². The second kappa shape index (κ2) is 9.22. The zero-order valence-electron chi connectivity index (χ0n) is 17.7. The number of carbonyl (C=O) groups is 2. The maximum absolute atomic E-state index is 13.3. The quantitative estimate of drug-likeness (QED) is 0.515. The van der Waals surface area contributed by atoms with E-state index in [9.17, 15) is 18.0 Å². The van der Waals surface area contributed by atoms with E-state index in [1.807, 2.05) is 54.6 Å². The van der Waals surface area contributed by atoms with E-state index in [1.54, 1.807) is 18.2 Å². The number of sulfonamides is 1. The molecule has 4 rings (SSSR count). The van der Waals surface area contributed by atoms with Crippen molar-refractivity contribution in [2.24, 2.45) is 0 Å². The molecular weight excluding hydrogens is 424 g/mol. The summed E-state index contributed by atoms with van der Waals surface area (Å²) in [7, 11) is -3.94. The Kier molecular flexibility index (Phi) is 6.39. The van der Waals surface area contributed by atoms with Gasteiger partial charge in [0.25, 0.3) is 0 Å². The molecule has 166 valence electrons. The van der Waals surface area contributed by atoms with Gasteiger partial charge in [-0.3, -0.25) is 4.79 Å². The first-order valence-corrected chi connectivity index (χ1v) is 12.2. The van der Waals surface area contributed by atoms with Gasteiger partial charge in [0, 0.05) is 0 Å². The van der Waals surface area contributed by atoms with E-state index in [-0.39, 0.29) is 4.90 Å². The molecule has 1 fully saturated rings. The fraction of sp³-hybridized carbons (Fsp3) is 0.280. The molecule has 1 atom stereocenters. The lowest BCUT2D eigenvalue weighted by atomic mass is 9.97. The summed E-state index contributed by atoms with van der Waals surface area (Å²) < 4.78 is 29.1. The standard InChI is InChI=1S/C25H26N2O4S/c28-18-22(16-19-8-2-1-3-9-19)26-24(29)25(14-6-7-15-25)27-32(30,31)23-13-12-20-10-4-5-11-21(20)17-23/h1-5,8-13,17-18,22,27H,6-7,14-16H2,(H,26,29)/t22-/m0/s1. The Bertz CT molecular complexity index is 1220. The van der Waals surface area contributed by atoms with E-state index in [4.69, 9.17) is 0 Å². The monoisotopic (exact) mass is 450 g/mol. The van der Waals surface area contributed by atoms with Gasteiger partial charge in [-0.25, -0.2) is 8.42 Å². The summed E-state index contributed by atoms with van der Waals surface area (Å²) in [5, 5.41) is 4.52. The van der Waals surface area contributed by atoms with E-state index in [1.165, 1.54) is 0 Å². The summed E-state index contributed by atoms with van der Waals surface area (Å²) in [5.74, 6) is -0.451. The van der Waals surface area contributed by atoms with Crippen molar-refractivity contribution in [1.29, 1.82) is 0 Å². The number of rotatable bonds is 8. The van der Waals surface area contributed by atoms with Crippen LogP contribution in [0.3, 0.4) is 0 Å². The van der Waals surface area contributed by atoms with Crippen LogP contribution in [0.4, 0.5) is 0 Å². The number of amides is 1. The fourth-order valence-corrected chi connectivity index (χ4v) is 5.77. The van der Waals surface area contributed by atoms with Crippen LogP contribution in [0.25, 0.3) is 10.8 Å². The minimum atomic E-state index is -3.94. The molecule has 2 N–H and O–H groups in total. The van der Waals surface area contributed by atoms with Crippen molar-refractivity contribution >= 4 is 33.0 Å². The van der Waals surface area contributed by atoms with Crippen molar-refractivity contribution in [1.82, 2.24) is 10.0 Å². The molecule has 7 heteroatoms. The maximum Gasteiger partial charge on any atom is 0.241 e. The minimum Gasteiger partial charge on any atom is -0.345 e. The number of carbonyl (C=O) groups excluding carboxylic acids is 2. The second-order valence-corrected chi connectivity index (χ2v) is 9.99. The first-order chi connectivity index (χ1) is 15.4. The Labute approximate surface area is 188 Å². The van der Waals surface area contributed by atoms with Crippen molar-refractivity contribution < 1.29 is 18.0 Å². The van der Waals surface area contributed by atoms with Gasteiger partial charge in [0.2, 0.25) is 15.9 Å². The van der Waals surface area contributed by atoms with Crippen LogP contribution in [-0.2, 0) is 26.0 Å². The molecule has 0 aromatic heterocycles. The van der Waals surface area contributed by atoms with Crippen LogP contribution in [0.2, 0.25) is 0 Å². The lowest BCUT2D eigenvalue weighted by Gasteiger charge is -2.30. The van der Waals surface area contributed by atoms with Gasteiger partial charge in [0.1, 0.15) is 11.8 Å². The van der Waals surface area contributed by atoms with Gasteiger partial charge < -0.3 is 10.1 Å². The summed E-state index contributed by atoms with van der Waals surface area (Å²) in [6, 6.07) is 21.1. The number of hydrogen-bond acceptors (Lipinski definition) is 4. The smallest absolute Gasteiger partial charge is 0.241 e. The van der Waals surface area contributed by atoms with Crippen LogP contribution in [0.1, 0.15) is 31.2 Å². The molecule has 1 amide bonds. The van der Waals surface area contributed by atoms with Crippen LogP contribution < -0.4 is 10.0 Å². The van der Waals surface area contributed by atoms with Gasteiger partial charge in [0.15, 0.2) is 0 Å². The van der Waals surface area contributed by atoms with Gasteiger partial charge in [-0.1, -0.05) is 73.5 Å². The zero-order valence-corrected chi connectivity index (χ0v) is 18.5. The van der Waals surface area contributed by atoms with Crippen LogP contribution in [0.5, 0.6) is 0 Å². The highest BCUT2D eigenvalue weighted by Crippen LogP contribution is 2.32. The second-order valence-electron chi connectivity index (χ2n) is 8.31. The van der Waals surface area contributed by atoms with Crippen LogP contribution in [0, 0.1) is 0 Å². The number of benzene rings is 3. The van der Waals surface area contributed by atoms with E-state index < -0.39 is 27.5 Å². The number of aldehydes is 1. The van der Waals surface area contributed by atoms with Gasteiger partial charge in [-0.15, -0.1) is 0 Å². The molecule has 1 aliphatic rings. The molecule has 3 aromatic rings. The summed E-state index contributed by atoms with van der Waals surface area (Å²) >= 11 is 0. The van der Waals surface area contributed by atoms with Gasteiger partial charge in [-0.2, -0.15) is 4.72 Å². The Morgan fingerprint density at radius 3 is 2.28 bits per heavy atom. The summed E-state index contributed by atoms with van der Waals surface area (Å²) in [4.78, 5) is 25.0. The van der Waals surface area contributed by atoms with Crippen LogP contribution in [-0.4, -0.2) is 32.2 Å². The summed E-state index contributed by atoms with van der Waals surface area (Å²) in [6.07, 6.45) is 3.30. The molecule has 0 spiro atoms. The number of hydrogen-bond donors (Lipinski definition) is 2. The van der Waals surface area contributed by atoms with E-state index in [2.05, 4.69) is 10.0 Å². The lowest BCUT2D eigenvalue weighted by molar-refractivity contribution is -0.129. The molecule has 0 radical (unpaired) electrons. The number of fused-ring (bicyclic) bond motifs is 1. The lowest BCUT2D eigenvalue weighted by Crippen LogP contribution is -2.59. The zero-order chi connectivity index (χ0) is 22.6. The maximum atomic E-state index is 13.3. The molecule has 0 bridgehead atoms. The third-order valence-corrected chi connectivity index (χ3v) is 7.57. The van der Waals surface area contributed by atoms with E-state index >= 15 is 0 Å². The van der Waals surface area contributed by atoms with Crippen molar-refractivity contribution in [2.45, 2.75) is 48.6 Å². The SMILES string of the molecule is O=C[C@H](Cc1ccccc1)NC(=O)C1(NS(=O)(=O)c2ccc3ccccc3c2)CCCC1. The molecule has 0 saturated heterocycles. The van der Waals surface area contributed by atoms with Gasteiger partial charge in [0.05, 0.1) is 10.9 Å². The van der Waals surface area contributed by atoms with E-state index in [0.717, 1.165) is 29.2 Å². The molecule has 1 aliphatic carbocycles. The van der Waals surface area contributed by atoms with Gasteiger partial charge >= 0.3 is 0 Å². The van der Waals surface area contributed by atoms with Crippen LogP contribution >= 0.6 is 0 Å². The highest BCUT2D eigenvalue weighted by Gasteiger charge is 2.45. The highest BCUT2D eigenvalue weighted by atomic mass is 32.2. The molecule has 0 aliphatic heterocycles. The first kappa shape index (κ1) is 22.2. The largest absolute Gasteiger partial charge is 0.345 e. The summed E-state index contributed by atoms with van der Waals surface area (Å²) in [6.45, 7) is 0. The van der Waals surface area contributed by atoms with Crippen molar-refractivity contribution in [3.8, 4) is 0 Å². The predicted molar refractivity (Wildman–Crippen MR) is 124 cm³/mol. The topological polar surface area (TPSA) is 92.3 Å². The molecule has 1 saturated carbocycles. The highest BCUT2D eigenvalue weighted by molar-refractivity contribution is 7.89. The average Bonchev–Trinajstić information content (AvgIpc) is 3.28. The Morgan fingerprint density at radius 2 is 1.59 bits per heavy atom. The molecule has 6 nitrogen and oxygen atoms in total. The average molecular weight is 451 g/mol. The third-order valence-electron chi connectivity index (χ3n) is 6.03. The van der Waals surface area contributed by atoms with Crippen molar-refractivity contribution in [2.75, 3.05) is 0 Å². The first-order valence-electron chi connectivity index (χ1n) is 10.7. The summed E-state index contributed by atoms with van der Waals surface area (Å²) in [5.41, 5.74) is -0.343. The Morgan fingerprint density at radius 1 is 0.938 bits per heavy atom. The van der Waals surface area contributed by atoms with Crippen molar-refractivity contribution in [3.05, 3.63) is 78.4 Å². The molecule has 3 aromatic carbocycles. The minimum absolute atomic E-state index is 0.117. The predicted octanol–water partition coefficient (Wildman–Crippen LogP) is 3.36. The van der Waals surface area contributed by atoms with Crippen LogP contribution in [0.15, 0.2) is 77.7 Å². The third kappa shape index (κ3) is 4.74.